The normalized spacial score (nSPS) is 21.1. The van der Waals surface area contributed by atoms with Gasteiger partial charge in [0.1, 0.15) is 0 Å². The minimum atomic E-state index is 0.533. The summed E-state index contributed by atoms with van der Waals surface area (Å²) in [6, 6.07) is 2.22. The summed E-state index contributed by atoms with van der Waals surface area (Å²) < 4.78 is 5.32. The van der Waals surface area contributed by atoms with Gasteiger partial charge in [0.05, 0.1) is 12.6 Å². The lowest BCUT2D eigenvalue weighted by Gasteiger charge is -2.20. The zero-order chi connectivity index (χ0) is 14.5. The number of hydrogen-bond donors (Lipinski definition) is 0. The van der Waals surface area contributed by atoms with Crippen LogP contribution in [-0.4, -0.2) is 52.7 Å². The van der Waals surface area contributed by atoms with E-state index >= 15 is 0 Å². The SMILES string of the molecule is N#CCCCN1CCCN(Cc2noc(C3CC3)n2)CC1. The molecule has 0 N–H and O–H groups in total. The molecule has 0 amide bonds. The number of nitriles is 1. The van der Waals surface area contributed by atoms with Gasteiger partial charge in [-0.1, -0.05) is 5.16 Å². The molecule has 1 aromatic heterocycles. The lowest BCUT2D eigenvalue weighted by Crippen LogP contribution is -2.31. The van der Waals surface area contributed by atoms with Crippen molar-refractivity contribution in [2.24, 2.45) is 0 Å². The average Bonchev–Trinajstić information content (AvgIpc) is 3.26. The van der Waals surface area contributed by atoms with Crippen molar-refractivity contribution in [3.05, 3.63) is 11.7 Å². The smallest absolute Gasteiger partial charge is 0.229 e. The molecular formula is C15H23N5O. The summed E-state index contributed by atoms with van der Waals surface area (Å²) in [6.07, 6.45) is 5.20. The topological polar surface area (TPSA) is 69.2 Å². The molecule has 2 aliphatic rings. The average molecular weight is 289 g/mol. The van der Waals surface area contributed by atoms with Crippen molar-refractivity contribution in [2.45, 2.75) is 44.6 Å². The van der Waals surface area contributed by atoms with Crippen LogP contribution in [0, 0.1) is 11.3 Å². The zero-order valence-corrected chi connectivity index (χ0v) is 12.5. The van der Waals surface area contributed by atoms with Crippen LogP contribution in [0.5, 0.6) is 0 Å². The Bertz CT molecular complexity index is 490. The van der Waals surface area contributed by atoms with E-state index < -0.39 is 0 Å². The Hall–Kier alpha value is -1.45. The van der Waals surface area contributed by atoms with Gasteiger partial charge in [0, 0.05) is 25.4 Å². The van der Waals surface area contributed by atoms with Gasteiger partial charge >= 0.3 is 0 Å². The first-order chi connectivity index (χ1) is 10.3. The monoisotopic (exact) mass is 289 g/mol. The summed E-state index contributed by atoms with van der Waals surface area (Å²) in [6.45, 7) is 6.15. The molecule has 114 valence electrons. The number of aromatic nitrogens is 2. The van der Waals surface area contributed by atoms with E-state index in [2.05, 4.69) is 26.0 Å². The van der Waals surface area contributed by atoms with E-state index in [9.17, 15) is 0 Å². The second kappa shape index (κ2) is 7.01. The number of unbranched alkanes of at least 4 members (excludes halogenated alkanes) is 1. The first-order valence-corrected chi connectivity index (χ1v) is 7.99. The molecule has 0 bridgehead atoms. The van der Waals surface area contributed by atoms with Crippen molar-refractivity contribution in [3.8, 4) is 6.07 Å². The second-order valence-corrected chi connectivity index (χ2v) is 6.06. The summed E-state index contributed by atoms with van der Waals surface area (Å²) in [7, 11) is 0. The molecule has 1 aliphatic carbocycles. The Morgan fingerprint density at radius 1 is 1.19 bits per heavy atom. The van der Waals surface area contributed by atoms with Crippen molar-refractivity contribution >= 4 is 0 Å². The highest BCUT2D eigenvalue weighted by Crippen LogP contribution is 2.38. The first-order valence-electron chi connectivity index (χ1n) is 7.99. The number of rotatable bonds is 6. The fourth-order valence-electron chi connectivity index (χ4n) is 2.82. The van der Waals surface area contributed by atoms with E-state index in [-0.39, 0.29) is 0 Å². The van der Waals surface area contributed by atoms with Crippen LogP contribution in [0.3, 0.4) is 0 Å². The Balaban J connectivity index is 1.44. The second-order valence-electron chi connectivity index (χ2n) is 6.06. The largest absolute Gasteiger partial charge is 0.339 e. The Morgan fingerprint density at radius 3 is 2.81 bits per heavy atom. The summed E-state index contributed by atoms with van der Waals surface area (Å²) in [5.41, 5.74) is 0. The summed E-state index contributed by atoms with van der Waals surface area (Å²) in [5.74, 6) is 2.19. The molecule has 2 fully saturated rings. The molecule has 1 aliphatic heterocycles. The third kappa shape index (κ3) is 4.26. The maximum Gasteiger partial charge on any atom is 0.229 e. The predicted molar refractivity (Wildman–Crippen MR) is 77.5 cm³/mol. The summed E-state index contributed by atoms with van der Waals surface area (Å²) in [4.78, 5) is 9.38. The third-order valence-corrected chi connectivity index (χ3v) is 4.22. The molecule has 1 saturated carbocycles. The summed E-state index contributed by atoms with van der Waals surface area (Å²) >= 11 is 0. The van der Waals surface area contributed by atoms with E-state index in [0.717, 1.165) is 57.4 Å². The summed E-state index contributed by atoms with van der Waals surface area (Å²) in [5, 5.41) is 12.7. The van der Waals surface area contributed by atoms with Gasteiger partial charge in [-0.25, -0.2) is 0 Å². The molecule has 0 spiro atoms. The molecule has 1 saturated heterocycles. The Kier molecular flexibility index (Phi) is 4.84. The molecule has 6 nitrogen and oxygen atoms in total. The minimum Gasteiger partial charge on any atom is -0.339 e. The maximum atomic E-state index is 8.60. The van der Waals surface area contributed by atoms with Crippen molar-refractivity contribution in [1.29, 1.82) is 5.26 Å². The maximum absolute atomic E-state index is 8.60. The zero-order valence-electron chi connectivity index (χ0n) is 12.5. The molecular weight excluding hydrogens is 266 g/mol. The lowest BCUT2D eigenvalue weighted by molar-refractivity contribution is 0.244. The molecule has 0 aromatic carbocycles. The Labute approximate surface area is 125 Å². The number of hydrogen-bond acceptors (Lipinski definition) is 6. The van der Waals surface area contributed by atoms with Gasteiger partial charge in [0.2, 0.25) is 5.89 Å². The fraction of sp³-hybridized carbons (Fsp3) is 0.800. The van der Waals surface area contributed by atoms with Gasteiger partial charge < -0.3 is 9.42 Å². The highest BCUT2D eigenvalue weighted by Gasteiger charge is 2.29. The molecule has 21 heavy (non-hydrogen) atoms. The Morgan fingerprint density at radius 2 is 2.00 bits per heavy atom. The third-order valence-electron chi connectivity index (χ3n) is 4.22. The number of nitrogens with zero attached hydrogens (tertiary/aromatic N) is 5. The van der Waals surface area contributed by atoms with E-state index in [1.807, 2.05) is 0 Å². The quantitative estimate of drug-likeness (QED) is 0.743. The fourth-order valence-corrected chi connectivity index (χ4v) is 2.82. The van der Waals surface area contributed by atoms with Crippen LogP contribution in [0.15, 0.2) is 4.52 Å². The molecule has 0 unspecified atom stereocenters. The van der Waals surface area contributed by atoms with Crippen LogP contribution in [0.25, 0.3) is 0 Å². The van der Waals surface area contributed by atoms with Crippen LogP contribution in [0.4, 0.5) is 0 Å². The minimum absolute atomic E-state index is 0.533. The first kappa shape index (κ1) is 14.5. The van der Waals surface area contributed by atoms with E-state index in [1.165, 1.54) is 19.3 Å². The van der Waals surface area contributed by atoms with E-state index in [1.54, 1.807) is 0 Å². The highest BCUT2D eigenvalue weighted by molar-refractivity contribution is 5.01. The van der Waals surface area contributed by atoms with Crippen LogP contribution in [0.1, 0.15) is 49.7 Å². The molecule has 0 atom stereocenters. The van der Waals surface area contributed by atoms with Crippen LogP contribution in [0.2, 0.25) is 0 Å². The van der Waals surface area contributed by atoms with Crippen LogP contribution in [-0.2, 0) is 6.54 Å². The van der Waals surface area contributed by atoms with Gasteiger partial charge in [0.25, 0.3) is 0 Å². The van der Waals surface area contributed by atoms with Crippen molar-refractivity contribution in [3.63, 3.8) is 0 Å². The van der Waals surface area contributed by atoms with Crippen molar-refractivity contribution < 1.29 is 4.52 Å². The molecule has 0 radical (unpaired) electrons. The molecule has 1 aromatic rings. The van der Waals surface area contributed by atoms with Crippen molar-refractivity contribution in [1.82, 2.24) is 19.9 Å². The standard InChI is InChI=1S/C15H23N5O/c16-6-1-2-7-19-8-3-9-20(11-10-19)12-14-17-15(21-18-14)13-4-5-13/h13H,1-5,7-12H2. The molecule has 6 heteroatoms. The molecule has 2 heterocycles. The highest BCUT2D eigenvalue weighted by atomic mass is 16.5. The van der Waals surface area contributed by atoms with E-state index in [4.69, 9.17) is 9.78 Å². The van der Waals surface area contributed by atoms with Gasteiger partial charge in [-0.3, -0.25) is 4.90 Å². The van der Waals surface area contributed by atoms with Crippen molar-refractivity contribution in [2.75, 3.05) is 32.7 Å². The van der Waals surface area contributed by atoms with Gasteiger partial charge in [-0.05, 0) is 45.3 Å². The van der Waals surface area contributed by atoms with Crippen LogP contribution >= 0.6 is 0 Å². The molecule has 3 rings (SSSR count). The lowest BCUT2D eigenvalue weighted by atomic mass is 10.3. The van der Waals surface area contributed by atoms with Gasteiger partial charge in [-0.2, -0.15) is 10.2 Å². The van der Waals surface area contributed by atoms with E-state index in [0.29, 0.717) is 12.3 Å². The van der Waals surface area contributed by atoms with Gasteiger partial charge in [0.15, 0.2) is 5.82 Å². The van der Waals surface area contributed by atoms with Crippen LogP contribution < -0.4 is 0 Å². The predicted octanol–water partition coefficient (Wildman–Crippen LogP) is 1.76. The van der Waals surface area contributed by atoms with Gasteiger partial charge in [-0.15, -0.1) is 0 Å².